The van der Waals surface area contributed by atoms with E-state index in [1.807, 2.05) is 0 Å². The highest BCUT2D eigenvalue weighted by Crippen LogP contribution is 2.46. The van der Waals surface area contributed by atoms with Gasteiger partial charge in [-0.15, -0.1) is 0 Å². The van der Waals surface area contributed by atoms with Crippen LogP contribution in [-0.4, -0.2) is 51.2 Å². The van der Waals surface area contributed by atoms with Crippen molar-refractivity contribution in [1.29, 1.82) is 0 Å². The van der Waals surface area contributed by atoms with E-state index < -0.39 is 53.8 Å². The third-order valence-corrected chi connectivity index (χ3v) is 4.11. The van der Waals surface area contributed by atoms with Gasteiger partial charge in [-0.25, -0.2) is 9.59 Å². The second-order valence-electron chi connectivity index (χ2n) is 5.55. The zero-order valence-corrected chi connectivity index (χ0v) is 13.1. The topological polar surface area (TPSA) is 108 Å². The van der Waals surface area contributed by atoms with Gasteiger partial charge in [-0.2, -0.15) is 4.21 Å². The first kappa shape index (κ1) is 17.1. The van der Waals surface area contributed by atoms with E-state index >= 15 is 0 Å². The van der Waals surface area contributed by atoms with Gasteiger partial charge in [0.2, 0.25) is 0 Å². The van der Waals surface area contributed by atoms with Crippen LogP contribution in [0.3, 0.4) is 0 Å². The van der Waals surface area contributed by atoms with Crippen LogP contribution in [0.2, 0.25) is 0 Å². The molecule has 2 saturated heterocycles. The monoisotopic (exact) mass is 334 g/mol. The lowest BCUT2D eigenvalue weighted by Crippen LogP contribution is -2.48. The van der Waals surface area contributed by atoms with Crippen molar-refractivity contribution in [3.8, 4) is 0 Å². The molecule has 2 bridgehead atoms. The van der Waals surface area contributed by atoms with E-state index in [1.54, 1.807) is 6.92 Å². The van der Waals surface area contributed by atoms with Crippen LogP contribution in [0.5, 0.6) is 0 Å². The number of ether oxygens (including phenoxy) is 3. The first-order valence-corrected chi connectivity index (χ1v) is 7.74. The van der Waals surface area contributed by atoms with E-state index in [1.165, 1.54) is 6.92 Å². The first-order chi connectivity index (χ1) is 10.2. The summed E-state index contributed by atoms with van der Waals surface area (Å²) in [6, 6.07) is 0. The maximum atomic E-state index is 11.8. The Labute approximate surface area is 130 Å². The summed E-state index contributed by atoms with van der Waals surface area (Å²) < 4.78 is 40.3. The molecule has 0 aromatic carbocycles. The fourth-order valence-electron chi connectivity index (χ4n) is 2.69. The Morgan fingerprint density at radius 2 is 2.18 bits per heavy atom. The van der Waals surface area contributed by atoms with Crippen molar-refractivity contribution in [2.24, 2.45) is 0 Å². The first-order valence-electron chi connectivity index (χ1n) is 6.71. The van der Waals surface area contributed by atoms with Crippen molar-refractivity contribution >= 4 is 23.3 Å². The molecule has 124 valence electrons. The SMILES string of the molecule is C=C(C)C(=O)OCC(=O)OC1C2CCC(C)(O2)C1OS(=O)O. The van der Waals surface area contributed by atoms with Gasteiger partial charge in [0.05, 0.1) is 11.7 Å². The fraction of sp³-hybridized carbons (Fsp3) is 0.692. The summed E-state index contributed by atoms with van der Waals surface area (Å²) in [5.41, 5.74) is -0.608. The van der Waals surface area contributed by atoms with Gasteiger partial charge in [-0.05, 0) is 26.7 Å². The van der Waals surface area contributed by atoms with Crippen LogP contribution >= 0.6 is 0 Å². The maximum Gasteiger partial charge on any atom is 0.344 e. The van der Waals surface area contributed by atoms with Gasteiger partial charge in [-0.3, -0.25) is 8.74 Å². The highest BCUT2D eigenvalue weighted by atomic mass is 32.2. The summed E-state index contributed by atoms with van der Waals surface area (Å²) in [6.45, 7) is 6.02. The van der Waals surface area contributed by atoms with Crippen LogP contribution in [0.1, 0.15) is 26.7 Å². The van der Waals surface area contributed by atoms with E-state index in [-0.39, 0.29) is 5.57 Å². The van der Waals surface area contributed by atoms with E-state index in [9.17, 15) is 13.8 Å². The summed E-state index contributed by atoms with van der Waals surface area (Å²) in [4.78, 5) is 23.0. The van der Waals surface area contributed by atoms with E-state index in [0.717, 1.165) is 0 Å². The molecule has 0 saturated carbocycles. The lowest BCUT2D eigenvalue weighted by atomic mass is 9.85. The Balaban J connectivity index is 1.95. The van der Waals surface area contributed by atoms with Gasteiger partial charge in [0.25, 0.3) is 0 Å². The molecule has 0 spiro atoms. The Morgan fingerprint density at radius 3 is 2.77 bits per heavy atom. The summed E-state index contributed by atoms with van der Waals surface area (Å²) in [6.07, 6.45) is -0.779. The third-order valence-electron chi connectivity index (χ3n) is 3.74. The molecule has 5 atom stereocenters. The highest BCUT2D eigenvalue weighted by Gasteiger charge is 2.60. The summed E-state index contributed by atoms with van der Waals surface area (Å²) in [5, 5.41) is 0. The molecule has 0 aliphatic carbocycles. The maximum absolute atomic E-state index is 11.8. The van der Waals surface area contributed by atoms with Gasteiger partial charge in [0.1, 0.15) is 6.10 Å². The number of rotatable bonds is 6. The van der Waals surface area contributed by atoms with Crippen LogP contribution < -0.4 is 0 Å². The number of fused-ring (bicyclic) bond motifs is 2. The quantitative estimate of drug-likeness (QED) is 0.425. The van der Waals surface area contributed by atoms with Crippen LogP contribution in [0.25, 0.3) is 0 Å². The van der Waals surface area contributed by atoms with E-state index in [0.29, 0.717) is 12.8 Å². The van der Waals surface area contributed by atoms with Crippen molar-refractivity contribution in [1.82, 2.24) is 0 Å². The smallest absolute Gasteiger partial charge is 0.344 e. The fourth-order valence-corrected chi connectivity index (χ4v) is 3.18. The Hall–Kier alpha value is -1.29. The van der Waals surface area contributed by atoms with Crippen molar-refractivity contribution in [3.63, 3.8) is 0 Å². The number of esters is 2. The van der Waals surface area contributed by atoms with Gasteiger partial charge < -0.3 is 14.2 Å². The number of carbonyl (C=O) groups excluding carboxylic acids is 2. The molecule has 22 heavy (non-hydrogen) atoms. The summed E-state index contributed by atoms with van der Waals surface area (Å²) in [7, 11) is 0. The van der Waals surface area contributed by atoms with Crippen LogP contribution in [0.15, 0.2) is 12.2 Å². The van der Waals surface area contributed by atoms with Crippen LogP contribution in [0.4, 0.5) is 0 Å². The van der Waals surface area contributed by atoms with Gasteiger partial charge >= 0.3 is 23.3 Å². The number of hydrogen-bond donors (Lipinski definition) is 1. The molecule has 2 rings (SSSR count). The zero-order chi connectivity index (χ0) is 16.5. The van der Waals surface area contributed by atoms with Crippen LogP contribution in [0, 0.1) is 0 Å². The van der Waals surface area contributed by atoms with E-state index in [4.69, 9.17) is 22.9 Å². The van der Waals surface area contributed by atoms with Gasteiger partial charge in [-0.1, -0.05) is 6.58 Å². The molecule has 9 heteroatoms. The zero-order valence-electron chi connectivity index (χ0n) is 12.3. The third kappa shape index (κ3) is 3.54. The van der Waals surface area contributed by atoms with Crippen molar-refractivity contribution in [2.45, 2.75) is 50.6 Å². The minimum atomic E-state index is -2.50. The number of carbonyl (C=O) groups is 2. The average Bonchev–Trinajstić information content (AvgIpc) is 2.92. The second-order valence-corrected chi connectivity index (χ2v) is 6.18. The molecule has 2 fully saturated rings. The molecule has 0 radical (unpaired) electrons. The molecule has 2 aliphatic heterocycles. The average molecular weight is 334 g/mol. The standard InChI is InChI=1S/C13H18O8S/c1-7(2)12(15)18-6-9(14)19-10-8-4-5-13(3,20-8)11(10)21-22(16)17/h8,10-11H,1,4-6H2,2-3H3,(H,16,17). The number of hydrogen-bond acceptors (Lipinski definition) is 7. The van der Waals surface area contributed by atoms with Crippen molar-refractivity contribution < 1.29 is 36.7 Å². The van der Waals surface area contributed by atoms with Crippen molar-refractivity contribution in [3.05, 3.63) is 12.2 Å². The minimum Gasteiger partial charge on any atom is -0.454 e. The molecule has 0 aromatic heterocycles. The Bertz CT molecular complexity index is 518. The lowest BCUT2D eigenvalue weighted by Gasteiger charge is -2.31. The molecule has 2 aliphatic rings. The van der Waals surface area contributed by atoms with Crippen LogP contribution in [-0.2, 0) is 39.3 Å². The molecule has 0 amide bonds. The lowest BCUT2D eigenvalue weighted by molar-refractivity contribution is -0.165. The molecule has 2 heterocycles. The normalized spacial score (nSPS) is 34.2. The largest absolute Gasteiger partial charge is 0.454 e. The predicted octanol–water partition coefficient (Wildman–Crippen LogP) is 0.491. The van der Waals surface area contributed by atoms with Crippen molar-refractivity contribution in [2.75, 3.05) is 6.61 Å². The molecule has 0 aromatic rings. The van der Waals surface area contributed by atoms with Gasteiger partial charge in [0, 0.05) is 5.57 Å². The summed E-state index contributed by atoms with van der Waals surface area (Å²) in [5.74, 6) is -1.48. The minimum absolute atomic E-state index is 0.167. The second kappa shape index (κ2) is 6.45. The molecular formula is C13H18O8S. The Kier molecular flexibility index (Phi) is 5.00. The van der Waals surface area contributed by atoms with Gasteiger partial charge in [0.15, 0.2) is 12.7 Å². The Morgan fingerprint density at radius 1 is 1.50 bits per heavy atom. The predicted molar refractivity (Wildman–Crippen MR) is 73.8 cm³/mol. The molecule has 8 nitrogen and oxygen atoms in total. The van der Waals surface area contributed by atoms with E-state index in [2.05, 4.69) is 6.58 Å². The molecule has 5 unspecified atom stereocenters. The molecular weight excluding hydrogens is 316 g/mol. The summed E-state index contributed by atoms with van der Waals surface area (Å²) >= 11 is -2.50. The molecule has 1 N–H and O–H groups in total. The highest BCUT2D eigenvalue weighted by molar-refractivity contribution is 7.74.